The van der Waals surface area contributed by atoms with E-state index < -0.39 is 0 Å². The Bertz CT molecular complexity index is 398. The van der Waals surface area contributed by atoms with Crippen molar-refractivity contribution in [1.82, 2.24) is 0 Å². The first-order valence-electron chi connectivity index (χ1n) is 7.04. The van der Waals surface area contributed by atoms with Gasteiger partial charge in [0.2, 0.25) is 0 Å². The molecule has 92 valence electrons. The smallest absolute Gasteiger partial charge is 0.0133 e. The summed E-state index contributed by atoms with van der Waals surface area (Å²) in [6.07, 6.45) is 8.66. The molecule has 0 radical (unpaired) electrons. The van der Waals surface area contributed by atoms with E-state index in [9.17, 15) is 0 Å². The maximum absolute atomic E-state index is 2.46. The molecule has 2 fully saturated rings. The fourth-order valence-electron chi connectivity index (χ4n) is 4.03. The van der Waals surface area contributed by atoms with Crippen LogP contribution in [0.5, 0.6) is 0 Å². The first-order valence-corrected chi connectivity index (χ1v) is 8.12. The predicted molar refractivity (Wildman–Crippen MR) is 81.3 cm³/mol. The summed E-state index contributed by atoms with van der Waals surface area (Å²) in [6, 6.07) is 7.07. The van der Waals surface area contributed by atoms with Gasteiger partial charge in [-0.1, -0.05) is 25.8 Å². The molecule has 2 bridgehead atoms. The summed E-state index contributed by atoms with van der Waals surface area (Å²) >= 11 is 2.46. The molecule has 3 rings (SSSR count). The van der Waals surface area contributed by atoms with E-state index >= 15 is 0 Å². The SMILES string of the molecule is CCc1ccc(I)cc1C1CC2CCC(C2)C1. The molecule has 0 N–H and O–H groups in total. The average molecular weight is 340 g/mol. The normalized spacial score (nSPS) is 31.8. The third-order valence-corrected chi connectivity index (χ3v) is 5.49. The van der Waals surface area contributed by atoms with Crippen LogP contribution in [-0.2, 0) is 6.42 Å². The second kappa shape index (κ2) is 4.91. The Balaban J connectivity index is 1.90. The number of aryl methyl sites for hydroxylation is 1. The van der Waals surface area contributed by atoms with Crippen molar-refractivity contribution in [3.8, 4) is 0 Å². The molecule has 1 aromatic rings. The minimum absolute atomic E-state index is 0.867. The second-order valence-corrected chi connectivity index (χ2v) is 7.16. The van der Waals surface area contributed by atoms with Gasteiger partial charge in [0.05, 0.1) is 0 Å². The highest BCUT2D eigenvalue weighted by Gasteiger charge is 2.35. The largest absolute Gasteiger partial charge is 0.0613 e. The Morgan fingerprint density at radius 3 is 2.47 bits per heavy atom. The summed E-state index contributed by atoms with van der Waals surface area (Å²) < 4.78 is 1.41. The van der Waals surface area contributed by atoms with Crippen molar-refractivity contribution in [2.45, 2.75) is 51.4 Å². The lowest BCUT2D eigenvalue weighted by molar-refractivity contribution is 0.318. The maximum atomic E-state index is 2.46. The molecule has 1 aromatic carbocycles. The van der Waals surface area contributed by atoms with E-state index in [1.165, 1.54) is 42.1 Å². The number of rotatable bonds is 2. The van der Waals surface area contributed by atoms with Crippen LogP contribution in [0.25, 0.3) is 0 Å². The van der Waals surface area contributed by atoms with Gasteiger partial charge in [-0.25, -0.2) is 0 Å². The summed E-state index contributed by atoms with van der Waals surface area (Å²) in [7, 11) is 0. The number of fused-ring (bicyclic) bond motifs is 2. The molecule has 17 heavy (non-hydrogen) atoms. The van der Waals surface area contributed by atoms with E-state index in [2.05, 4.69) is 47.7 Å². The molecule has 1 heteroatoms. The van der Waals surface area contributed by atoms with Crippen molar-refractivity contribution < 1.29 is 0 Å². The van der Waals surface area contributed by atoms with Crippen LogP contribution in [0.3, 0.4) is 0 Å². The Hall–Kier alpha value is -0.0500. The third-order valence-electron chi connectivity index (χ3n) is 4.81. The number of benzene rings is 1. The van der Waals surface area contributed by atoms with Crippen LogP contribution in [-0.4, -0.2) is 0 Å². The molecular weight excluding hydrogens is 319 g/mol. The molecule has 2 aliphatic carbocycles. The molecule has 0 spiro atoms. The van der Waals surface area contributed by atoms with Gasteiger partial charge >= 0.3 is 0 Å². The Morgan fingerprint density at radius 2 is 1.82 bits per heavy atom. The van der Waals surface area contributed by atoms with E-state index in [-0.39, 0.29) is 0 Å². The molecule has 0 amide bonds. The molecule has 0 saturated heterocycles. The molecule has 2 saturated carbocycles. The van der Waals surface area contributed by atoms with Gasteiger partial charge in [-0.3, -0.25) is 0 Å². The lowest BCUT2D eigenvalue weighted by Gasteiger charge is -2.29. The standard InChI is InChI=1S/C16H21I/c1-2-13-5-6-15(17)10-16(13)14-8-11-3-4-12(7-11)9-14/h5-6,10-12,14H,2-4,7-9H2,1H3. The van der Waals surface area contributed by atoms with Gasteiger partial charge in [0.15, 0.2) is 0 Å². The summed E-state index contributed by atoms with van der Waals surface area (Å²) in [5, 5.41) is 0. The number of hydrogen-bond donors (Lipinski definition) is 0. The van der Waals surface area contributed by atoms with E-state index in [0.717, 1.165) is 17.8 Å². The molecule has 0 aliphatic heterocycles. The van der Waals surface area contributed by atoms with Crippen molar-refractivity contribution in [3.63, 3.8) is 0 Å². The fraction of sp³-hybridized carbons (Fsp3) is 0.625. The van der Waals surface area contributed by atoms with Crippen LogP contribution in [0.15, 0.2) is 18.2 Å². The third kappa shape index (κ3) is 2.40. The van der Waals surface area contributed by atoms with Gasteiger partial charge in [0.25, 0.3) is 0 Å². The second-order valence-electron chi connectivity index (χ2n) is 5.91. The Morgan fingerprint density at radius 1 is 1.12 bits per heavy atom. The zero-order valence-corrected chi connectivity index (χ0v) is 12.7. The first-order chi connectivity index (χ1) is 8.26. The Labute approximate surface area is 118 Å². The Kier molecular flexibility index (Phi) is 3.47. The maximum Gasteiger partial charge on any atom is 0.0133 e. The highest BCUT2D eigenvalue weighted by Crippen LogP contribution is 2.48. The minimum Gasteiger partial charge on any atom is -0.0613 e. The van der Waals surface area contributed by atoms with Crippen LogP contribution >= 0.6 is 22.6 Å². The van der Waals surface area contributed by atoms with Crippen molar-refractivity contribution >= 4 is 22.6 Å². The van der Waals surface area contributed by atoms with Gasteiger partial charge in [-0.2, -0.15) is 0 Å². The van der Waals surface area contributed by atoms with Crippen LogP contribution in [0, 0.1) is 15.4 Å². The lowest BCUT2D eigenvalue weighted by atomic mass is 9.76. The molecule has 2 aliphatic rings. The van der Waals surface area contributed by atoms with Gasteiger partial charge in [-0.15, -0.1) is 0 Å². The lowest BCUT2D eigenvalue weighted by Crippen LogP contribution is -2.15. The first kappa shape index (κ1) is 12.0. The van der Waals surface area contributed by atoms with Crippen molar-refractivity contribution in [1.29, 1.82) is 0 Å². The zero-order chi connectivity index (χ0) is 11.8. The van der Waals surface area contributed by atoms with Gasteiger partial charge < -0.3 is 0 Å². The van der Waals surface area contributed by atoms with E-state index in [4.69, 9.17) is 0 Å². The summed E-state index contributed by atoms with van der Waals surface area (Å²) in [4.78, 5) is 0. The van der Waals surface area contributed by atoms with Crippen molar-refractivity contribution in [3.05, 3.63) is 32.9 Å². The molecular formula is C16H21I. The predicted octanol–water partition coefficient (Wildman–Crippen LogP) is 5.15. The highest BCUT2D eigenvalue weighted by atomic mass is 127. The molecule has 0 nitrogen and oxygen atoms in total. The minimum atomic E-state index is 0.867. The van der Waals surface area contributed by atoms with Crippen LogP contribution in [0.2, 0.25) is 0 Å². The van der Waals surface area contributed by atoms with Gasteiger partial charge in [0.1, 0.15) is 0 Å². The summed E-state index contributed by atoms with van der Waals surface area (Å²) in [6.45, 7) is 2.29. The molecule has 0 aromatic heterocycles. The highest BCUT2D eigenvalue weighted by molar-refractivity contribution is 14.1. The topological polar surface area (TPSA) is 0 Å². The van der Waals surface area contributed by atoms with Crippen molar-refractivity contribution in [2.24, 2.45) is 11.8 Å². The quantitative estimate of drug-likeness (QED) is 0.654. The number of halogens is 1. The van der Waals surface area contributed by atoms with Gasteiger partial charge in [0, 0.05) is 3.57 Å². The van der Waals surface area contributed by atoms with Gasteiger partial charge in [-0.05, 0) is 89.3 Å². The number of hydrogen-bond acceptors (Lipinski definition) is 0. The van der Waals surface area contributed by atoms with Crippen LogP contribution in [0.4, 0.5) is 0 Å². The van der Waals surface area contributed by atoms with Crippen molar-refractivity contribution in [2.75, 3.05) is 0 Å². The van der Waals surface area contributed by atoms with E-state index in [1.807, 2.05) is 0 Å². The molecule has 2 atom stereocenters. The van der Waals surface area contributed by atoms with Crippen LogP contribution < -0.4 is 0 Å². The molecule has 0 heterocycles. The summed E-state index contributed by atoms with van der Waals surface area (Å²) in [5.41, 5.74) is 3.27. The molecule has 2 unspecified atom stereocenters. The average Bonchev–Trinajstić information content (AvgIpc) is 2.68. The van der Waals surface area contributed by atoms with Crippen LogP contribution in [0.1, 0.15) is 56.1 Å². The zero-order valence-electron chi connectivity index (χ0n) is 10.6. The van der Waals surface area contributed by atoms with E-state index in [1.54, 1.807) is 11.1 Å². The summed E-state index contributed by atoms with van der Waals surface area (Å²) in [5.74, 6) is 2.95. The van der Waals surface area contributed by atoms with E-state index in [0.29, 0.717) is 0 Å². The fourth-order valence-corrected chi connectivity index (χ4v) is 4.54. The monoisotopic (exact) mass is 340 g/mol.